The molecule has 0 spiro atoms. The van der Waals surface area contributed by atoms with Crippen molar-refractivity contribution in [3.05, 3.63) is 10.4 Å². The molecule has 0 bridgehead atoms. The molecule has 106 valence electrons. The summed E-state index contributed by atoms with van der Waals surface area (Å²) < 4.78 is 1.30. The molecular formula is C11H18ClN5O2. The van der Waals surface area contributed by atoms with E-state index in [9.17, 15) is 4.79 Å². The number of rotatable bonds is 4. The Bertz CT molecular complexity index is 533. The first-order valence-electron chi connectivity index (χ1n) is 6.10. The second-order valence-electron chi connectivity index (χ2n) is 4.55. The second-order valence-corrected chi connectivity index (χ2v) is 4.94. The molecule has 0 saturated carbocycles. The smallest absolute Gasteiger partial charge is 0.280 e. The van der Waals surface area contributed by atoms with Crippen LogP contribution in [0.3, 0.4) is 0 Å². The highest BCUT2D eigenvalue weighted by Crippen LogP contribution is 2.36. The number of aromatic nitrogens is 2. The fourth-order valence-electron chi connectivity index (χ4n) is 2.13. The summed E-state index contributed by atoms with van der Waals surface area (Å²) in [4.78, 5) is 20.0. The number of unbranched alkanes of at least 4 members (excludes halogenated alkanes) is 1. The zero-order valence-electron chi connectivity index (χ0n) is 11.0. The van der Waals surface area contributed by atoms with Crippen molar-refractivity contribution in [3.63, 3.8) is 0 Å². The SMILES string of the molecule is CN1c2c(nc(N)n(C)c2=O)N(CCCCO)C1Cl. The maximum atomic E-state index is 12.2. The van der Waals surface area contributed by atoms with Crippen molar-refractivity contribution in [1.29, 1.82) is 0 Å². The number of hydrogen-bond acceptors (Lipinski definition) is 6. The maximum absolute atomic E-state index is 12.2. The molecule has 1 aromatic heterocycles. The predicted molar refractivity (Wildman–Crippen MR) is 75.6 cm³/mol. The molecule has 0 aliphatic carbocycles. The molecule has 3 N–H and O–H groups in total. The summed E-state index contributed by atoms with van der Waals surface area (Å²) in [6.45, 7) is 0.751. The number of halogens is 1. The molecule has 0 radical (unpaired) electrons. The van der Waals surface area contributed by atoms with Gasteiger partial charge < -0.3 is 20.6 Å². The third-order valence-corrected chi connectivity index (χ3v) is 3.82. The van der Waals surface area contributed by atoms with E-state index in [0.717, 1.165) is 6.42 Å². The van der Waals surface area contributed by atoms with E-state index in [4.69, 9.17) is 22.4 Å². The van der Waals surface area contributed by atoms with Gasteiger partial charge in [0.15, 0.2) is 11.4 Å². The molecule has 2 rings (SSSR count). The number of fused-ring (bicyclic) bond motifs is 1. The quantitative estimate of drug-likeness (QED) is 0.457. The second kappa shape index (κ2) is 5.26. The van der Waals surface area contributed by atoms with E-state index in [0.29, 0.717) is 24.5 Å². The number of nitrogens with zero attached hydrogens (tertiary/aromatic N) is 4. The Balaban J connectivity index is 2.40. The summed E-state index contributed by atoms with van der Waals surface area (Å²) in [6.07, 6.45) is 1.45. The molecule has 0 amide bonds. The predicted octanol–water partition coefficient (Wildman–Crippen LogP) is -0.0864. The summed E-state index contributed by atoms with van der Waals surface area (Å²) >= 11 is 6.31. The van der Waals surface area contributed by atoms with Gasteiger partial charge in [-0.3, -0.25) is 9.36 Å². The minimum Gasteiger partial charge on any atom is -0.396 e. The lowest BCUT2D eigenvalue weighted by atomic mass is 10.3. The van der Waals surface area contributed by atoms with Crippen molar-refractivity contribution in [2.75, 3.05) is 35.7 Å². The van der Waals surface area contributed by atoms with Gasteiger partial charge in [-0.2, -0.15) is 4.98 Å². The van der Waals surface area contributed by atoms with Gasteiger partial charge in [0.1, 0.15) is 5.69 Å². The lowest BCUT2D eigenvalue weighted by Gasteiger charge is -2.24. The number of nitrogens with two attached hydrogens (primary N) is 1. The number of aliphatic hydroxyl groups excluding tert-OH is 1. The number of nitrogen functional groups attached to an aromatic ring is 1. The van der Waals surface area contributed by atoms with Gasteiger partial charge in [0.05, 0.1) is 0 Å². The van der Waals surface area contributed by atoms with Crippen LogP contribution in [0, 0.1) is 0 Å². The highest BCUT2D eigenvalue weighted by Gasteiger charge is 2.36. The van der Waals surface area contributed by atoms with Gasteiger partial charge in [0, 0.05) is 27.2 Å². The Morgan fingerprint density at radius 2 is 2.11 bits per heavy atom. The van der Waals surface area contributed by atoms with Gasteiger partial charge in [-0.25, -0.2) is 0 Å². The number of alkyl halides is 1. The van der Waals surface area contributed by atoms with Gasteiger partial charge in [-0.15, -0.1) is 0 Å². The van der Waals surface area contributed by atoms with Crippen molar-refractivity contribution in [2.24, 2.45) is 7.05 Å². The van der Waals surface area contributed by atoms with Crippen molar-refractivity contribution in [2.45, 2.75) is 18.5 Å². The molecule has 1 aliphatic rings. The van der Waals surface area contributed by atoms with Crippen LogP contribution in [0.4, 0.5) is 17.5 Å². The van der Waals surface area contributed by atoms with Crippen LogP contribution in [0.2, 0.25) is 0 Å². The van der Waals surface area contributed by atoms with E-state index in [-0.39, 0.29) is 18.1 Å². The fourth-order valence-corrected chi connectivity index (χ4v) is 2.41. The van der Waals surface area contributed by atoms with E-state index in [2.05, 4.69) is 4.98 Å². The fraction of sp³-hybridized carbons (Fsp3) is 0.636. The third-order valence-electron chi connectivity index (χ3n) is 3.29. The summed E-state index contributed by atoms with van der Waals surface area (Å²) in [7, 11) is 3.33. The van der Waals surface area contributed by atoms with Gasteiger partial charge in [0.2, 0.25) is 5.95 Å². The first kappa shape index (κ1) is 14.0. The Labute approximate surface area is 116 Å². The van der Waals surface area contributed by atoms with Crippen LogP contribution in [0.15, 0.2) is 4.79 Å². The summed E-state index contributed by atoms with van der Waals surface area (Å²) in [6, 6.07) is 0. The zero-order valence-corrected chi connectivity index (χ0v) is 11.8. The maximum Gasteiger partial charge on any atom is 0.280 e. The zero-order chi connectivity index (χ0) is 14.2. The summed E-state index contributed by atoms with van der Waals surface area (Å²) in [5.41, 5.74) is 5.51. The van der Waals surface area contributed by atoms with Gasteiger partial charge in [-0.05, 0) is 12.8 Å². The standard InChI is InChI=1S/C11H18ClN5O2/c1-15-7-8(14-11(13)16(2)9(7)19)17(10(15)12)5-3-4-6-18/h10,18H,3-6H2,1-2H3,(H2,13,14). The van der Waals surface area contributed by atoms with Crippen LogP contribution in [-0.2, 0) is 7.05 Å². The minimum absolute atomic E-state index is 0.135. The number of aliphatic hydroxyl groups is 1. The molecule has 8 heteroatoms. The van der Waals surface area contributed by atoms with E-state index in [1.807, 2.05) is 4.90 Å². The number of anilines is 3. The largest absolute Gasteiger partial charge is 0.396 e. The average molecular weight is 288 g/mol. The first-order chi connectivity index (χ1) is 8.99. The molecule has 1 aliphatic heterocycles. The van der Waals surface area contributed by atoms with Crippen LogP contribution in [0.5, 0.6) is 0 Å². The normalized spacial score (nSPS) is 18.0. The number of hydrogen-bond donors (Lipinski definition) is 2. The van der Waals surface area contributed by atoms with E-state index >= 15 is 0 Å². The monoisotopic (exact) mass is 287 g/mol. The van der Waals surface area contributed by atoms with Gasteiger partial charge >= 0.3 is 0 Å². The molecule has 19 heavy (non-hydrogen) atoms. The van der Waals surface area contributed by atoms with Gasteiger partial charge in [-0.1, -0.05) is 11.6 Å². The van der Waals surface area contributed by atoms with Crippen molar-refractivity contribution >= 4 is 29.1 Å². The van der Waals surface area contributed by atoms with E-state index in [1.54, 1.807) is 19.0 Å². The lowest BCUT2D eigenvalue weighted by Crippen LogP contribution is -2.38. The topological polar surface area (TPSA) is 87.6 Å². The molecule has 1 atom stereocenters. The van der Waals surface area contributed by atoms with Crippen LogP contribution >= 0.6 is 11.6 Å². The summed E-state index contributed by atoms with van der Waals surface area (Å²) in [5.74, 6) is 0.677. The van der Waals surface area contributed by atoms with Crippen LogP contribution in [0.1, 0.15) is 12.8 Å². The molecule has 1 aromatic rings. The molecule has 0 aromatic carbocycles. The first-order valence-corrected chi connectivity index (χ1v) is 6.53. The molecule has 7 nitrogen and oxygen atoms in total. The summed E-state index contributed by atoms with van der Waals surface area (Å²) in [5, 5.41) is 8.83. The molecule has 2 heterocycles. The van der Waals surface area contributed by atoms with Crippen LogP contribution in [-0.4, -0.2) is 40.5 Å². The van der Waals surface area contributed by atoms with Crippen molar-refractivity contribution in [3.8, 4) is 0 Å². The highest BCUT2D eigenvalue weighted by atomic mass is 35.5. The van der Waals surface area contributed by atoms with Crippen molar-refractivity contribution in [1.82, 2.24) is 9.55 Å². The average Bonchev–Trinajstić information content (AvgIpc) is 2.61. The van der Waals surface area contributed by atoms with Crippen molar-refractivity contribution < 1.29 is 5.11 Å². The Kier molecular flexibility index (Phi) is 3.86. The lowest BCUT2D eigenvalue weighted by molar-refractivity contribution is 0.285. The molecule has 0 saturated heterocycles. The van der Waals surface area contributed by atoms with E-state index < -0.39 is 5.62 Å². The third kappa shape index (κ3) is 2.23. The molecular weight excluding hydrogens is 270 g/mol. The Morgan fingerprint density at radius 1 is 1.42 bits per heavy atom. The minimum atomic E-state index is -0.462. The Hall–Kier alpha value is -1.47. The van der Waals surface area contributed by atoms with Gasteiger partial charge in [0.25, 0.3) is 5.56 Å². The highest BCUT2D eigenvalue weighted by molar-refractivity contribution is 6.24. The van der Waals surface area contributed by atoms with E-state index in [1.165, 1.54) is 4.57 Å². The molecule has 0 fully saturated rings. The molecule has 1 unspecified atom stereocenters. The van der Waals surface area contributed by atoms with Crippen LogP contribution < -0.4 is 21.1 Å². The van der Waals surface area contributed by atoms with Crippen LogP contribution in [0.25, 0.3) is 0 Å². The Morgan fingerprint density at radius 3 is 2.74 bits per heavy atom.